The van der Waals surface area contributed by atoms with Gasteiger partial charge in [0.15, 0.2) is 0 Å². The summed E-state index contributed by atoms with van der Waals surface area (Å²) in [6.45, 7) is 0. The summed E-state index contributed by atoms with van der Waals surface area (Å²) in [4.78, 5) is 17.8. The van der Waals surface area contributed by atoms with E-state index in [0.29, 0.717) is 0 Å². The molecule has 5 N–H and O–H groups in total. The number of carboxylic acids is 2. The number of nitrogens with two attached hydrogens (primary N) is 1. The van der Waals surface area contributed by atoms with Gasteiger partial charge in [-0.2, -0.15) is 26.3 Å². The molecule has 0 atom stereocenters. The minimum atomic E-state index is -5.08. The van der Waals surface area contributed by atoms with E-state index in [2.05, 4.69) is 5.43 Å². The van der Waals surface area contributed by atoms with Gasteiger partial charge in [0.25, 0.3) is 0 Å². The van der Waals surface area contributed by atoms with Gasteiger partial charge in [0, 0.05) is 5.69 Å². The lowest BCUT2D eigenvalue weighted by atomic mass is 10.3. The van der Waals surface area contributed by atoms with Gasteiger partial charge in [0.1, 0.15) is 0 Å². The van der Waals surface area contributed by atoms with Crippen molar-refractivity contribution in [1.29, 1.82) is 0 Å². The maximum atomic E-state index is 10.6. The van der Waals surface area contributed by atoms with Crippen molar-refractivity contribution in [3.63, 3.8) is 0 Å². The smallest absolute Gasteiger partial charge is 0.475 e. The van der Waals surface area contributed by atoms with Crippen LogP contribution in [0.25, 0.3) is 0 Å². The van der Waals surface area contributed by atoms with Crippen molar-refractivity contribution >= 4 is 40.8 Å². The lowest BCUT2D eigenvalue weighted by Gasteiger charge is -1.94. The third-order valence-electron chi connectivity index (χ3n) is 1.43. The van der Waals surface area contributed by atoms with Gasteiger partial charge in [0.05, 0.1) is 5.34 Å². The number of anilines is 1. The Labute approximate surface area is 147 Å². The second-order valence-electron chi connectivity index (χ2n) is 3.22. The molecule has 6 nitrogen and oxygen atoms in total. The van der Waals surface area contributed by atoms with E-state index in [1.807, 2.05) is 30.3 Å². The van der Waals surface area contributed by atoms with Crippen LogP contribution in [0, 0.1) is 0 Å². The third-order valence-corrected chi connectivity index (χ3v) is 1.43. The second-order valence-corrected chi connectivity index (χ2v) is 4.03. The maximum absolute atomic E-state index is 10.6. The largest absolute Gasteiger partial charge is 0.490 e. The molecule has 1 aromatic carbocycles. The van der Waals surface area contributed by atoms with Crippen LogP contribution in [0.3, 0.4) is 0 Å². The van der Waals surface area contributed by atoms with Gasteiger partial charge in [0.2, 0.25) is 0 Å². The summed E-state index contributed by atoms with van der Waals surface area (Å²) in [5.41, 5.74) is 3.46. The van der Waals surface area contributed by atoms with E-state index < -0.39 is 24.3 Å². The predicted octanol–water partition coefficient (Wildman–Crippen LogP) is 3.66. The molecule has 0 fully saturated rings. The highest BCUT2D eigenvalue weighted by molar-refractivity contribution is 6.40. The number of rotatable bonds is 1. The number of carboxylic acid groups (broad SMARTS) is 2. The molecule has 0 aliphatic carbocycles. The molecule has 146 valence electrons. The van der Waals surface area contributed by atoms with E-state index in [9.17, 15) is 26.3 Å². The minimum absolute atomic E-state index is 0.194. The average molecular weight is 421 g/mol. The van der Waals surface area contributed by atoms with Crippen molar-refractivity contribution < 1.29 is 46.1 Å². The lowest BCUT2D eigenvalue weighted by molar-refractivity contribution is -0.193. The Morgan fingerprint density at radius 3 is 1.28 bits per heavy atom. The van der Waals surface area contributed by atoms with Gasteiger partial charge in [-0.25, -0.2) is 9.59 Å². The Bertz CT molecular complexity index is 462. The molecular weight excluding hydrogens is 409 g/mol. The third kappa shape index (κ3) is 22.1. The van der Waals surface area contributed by atoms with Gasteiger partial charge in [-0.05, 0) is 12.1 Å². The van der Waals surface area contributed by atoms with Gasteiger partial charge in [-0.1, -0.05) is 18.2 Å². The maximum Gasteiger partial charge on any atom is 0.490 e. The monoisotopic (exact) mass is 420 g/mol. The first-order chi connectivity index (χ1) is 11.2. The summed E-state index contributed by atoms with van der Waals surface area (Å²) in [5, 5.41) is 14.4. The number of nitrogen functional groups attached to an aromatic ring is 1. The van der Waals surface area contributed by atoms with E-state index in [1.54, 1.807) is 0 Å². The molecule has 1 rings (SSSR count). The van der Waals surface area contributed by atoms with Gasteiger partial charge in [-0.3, -0.25) is 5.84 Å². The van der Waals surface area contributed by atoms with Crippen LogP contribution in [0.15, 0.2) is 30.3 Å². The molecule has 0 aliphatic rings. The molecule has 0 saturated heterocycles. The Morgan fingerprint density at radius 2 is 1.16 bits per heavy atom. The minimum Gasteiger partial charge on any atom is -0.475 e. The summed E-state index contributed by atoms with van der Waals surface area (Å²) >= 11 is 9.53. The molecule has 0 heterocycles. The Hall–Kier alpha value is -1.92. The second kappa shape index (κ2) is 14.4. The predicted molar refractivity (Wildman–Crippen MR) is 78.2 cm³/mol. The van der Waals surface area contributed by atoms with Gasteiger partial charge >= 0.3 is 24.3 Å². The highest BCUT2D eigenvalue weighted by Crippen LogP contribution is 2.13. The fourth-order valence-corrected chi connectivity index (χ4v) is 0.534. The van der Waals surface area contributed by atoms with Crippen molar-refractivity contribution in [2.45, 2.75) is 12.4 Å². The van der Waals surface area contributed by atoms with Gasteiger partial charge in [-0.15, -0.1) is 23.2 Å². The molecule has 0 unspecified atom stereocenters. The highest BCUT2D eigenvalue weighted by Gasteiger charge is 2.38. The zero-order valence-electron chi connectivity index (χ0n) is 11.9. The Morgan fingerprint density at radius 1 is 0.920 bits per heavy atom. The normalized spacial score (nSPS) is 9.80. The van der Waals surface area contributed by atoms with Crippen molar-refractivity contribution in [3.05, 3.63) is 30.3 Å². The van der Waals surface area contributed by atoms with Crippen LogP contribution >= 0.6 is 23.2 Å². The molecule has 1 aromatic rings. The number of aliphatic carboxylic acids is 2. The van der Waals surface area contributed by atoms with Crippen LogP contribution in [0.1, 0.15) is 0 Å². The van der Waals surface area contributed by atoms with Crippen molar-refractivity contribution in [2.75, 3.05) is 10.8 Å². The van der Waals surface area contributed by atoms with E-state index in [-0.39, 0.29) is 5.34 Å². The summed E-state index contributed by atoms with van der Waals surface area (Å²) in [6, 6.07) is 9.60. The Balaban J connectivity index is -0.000000270. The zero-order chi connectivity index (χ0) is 20.7. The first kappa shape index (κ1) is 27.9. The summed E-state index contributed by atoms with van der Waals surface area (Å²) in [7, 11) is 0. The van der Waals surface area contributed by atoms with Crippen LogP contribution < -0.4 is 11.3 Å². The zero-order valence-corrected chi connectivity index (χ0v) is 13.4. The molecular formula is C11H12Cl2F6N2O4. The molecule has 0 spiro atoms. The molecule has 14 heteroatoms. The number of hydrogen-bond acceptors (Lipinski definition) is 4. The quantitative estimate of drug-likeness (QED) is 0.238. The summed E-state index contributed by atoms with van der Waals surface area (Å²) in [6.07, 6.45) is -10.2. The van der Waals surface area contributed by atoms with E-state index in [1.165, 1.54) is 0 Å². The molecule has 0 aliphatic heterocycles. The van der Waals surface area contributed by atoms with E-state index in [0.717, 1.165) is 5.69 Å². The van der Waals surface area contributed by atoms with Crippen molar-refractivity contribution in [3.8, 4) is 0 Å². The fourth-order valence-electron chi connectivity index (χ4n) is 0.534. The topological polar surface area (TPSA) is 113 Å². The summed E-state index contributed by atoms with van der Waals surface area (Å²) < 4.78 is 63.5. The van der Waals surface area contributed by atoms with Crippen molar-refractivity contribution in [1.82, 2.24) is 0 Å². The molecule has 0 bridgehead atoms. The summed E-state index contributed by atoms with van der Waals surface area (Å²) in [5.74, 6) is -0.414. The number of benzene rings is 1. The van der Waals surface area contributed by atoms with Crippen LogP contribution in [-0.4, -0.2) is 39.8 Å². The van der Waals surface area contributed by atoms with Crippen LogP contribution in [0.4, 0.5) is 32.0 Å². The van der Waals surface area contributed by atoms with Crippen LogP contribution in [0.2, 0.25) is 0 Å². The number of hydrazine groups is 1. The van der Waals surface area contributed by atoms with Crippen LogP contribution in [-0.2, 0) is 9.59 Å². The Kier molecular flexibility index (Phi) is 16.1. The van der Waals surface area contributed by atoms with E-state index in [4.69, 9.17) is 48.8 Å². The molecule has 0 saturated carbocycles. The van der Waals surface area contributed by atoms with Crippen molar-refractivity contribution in [2.24, 2.45) is 5.84 Å². The van der Waals surface area contributed by atoms with Crippen LogP contribution in [0.5, 0.6) is 0 Å². The first-order valence-corrected chi connectivity index (χ1v) is 6.54. The number of para-hydroxylation sites is 1. The fraction of sp³-hybridized carbons (Fsp3) is 0.273. The number of hydrogen-bond donors (Lipinski definition) is 4. The first-order valence-electron chi connectivity index (χ1n) is 5.47. The number of alkyl halides is 8. The lowest BCUT2D eigenvalue weighted by Crippen LogP contribution is -2.21. The molecule has 0 aromatic heterocycles. The molecule has 0 radical (unpaired) electrons. The highest BCUT2D eigenvalue weighted by atomic mass is 35.5. The molecule has 25 heavy (non-hydrogen) atoms. The van der Waals surface area contributed by atoms with E-state index >= 15 is 0 Å². The van der Waals surface area contributed by atoms with Gasteiger partial charge < -0.3 is 15.6 Å². The number of nitrogens with one attached hydrogen (secondary N) is 1. The SMILES string of the molecule is ClCCl.NNc1ccccc1.O=C(O)C(F)(F)F.O=C(O)C(F)(F)F. The number of halogens is 8. The molecule has 0 amide bonds. The number of carbonyl (C=O) groups is 2. The average Bonchev–Trinajstić information content (AvgIpc) is 2.48. The standard InChI is InChI=1S/C6H8N2.2C2HF3O2.CH2Cl2/c7-8-6-4-2-1-3-5-6;2*3-2(4,5)1(6)7;2-1-3/h1-5,8H,7H2;2*(H,6,7);1H2.